The van der Waals surface area contributed by atoms with Gasteiger partial charge in [0.05, 0.1) is 11.8 Å². The SMILES string of the molecule is CC(=O)c1ccc(NC(=O)[C@H]2[C@@H](C(=O)O)[C@H]3C=C[C@H]2C3)cc1. The summed E-state index contributed by atoms with van der Waals surface area (Å²) < 4.78 is 0. The molecule has 1 aromatic rings. The number of benzene rings is 1. The van der Waals surface area contributed by atoms with Crippen molar-refractivity contribution in [2.45, 2.75) is 13.3 Å². The summed E-state index contributed by atoms with van der Waals surface area (Å²) in [5.74, 6) is -2.43. The number of carboxylic acid groups (broad SMARTS) is 1. The van der Waals surface area contributed by atoms with Crippen LogP contribution in [0, 0.1) is 23.7 Å². The molecule has 3 rings (SSSR count). The summed E-state index contributed by atoms with van der Waals surface area (Å²) in [7, 11) is 0. The average Bonchev–Trinajstić information content (AvgIpc) is 3.08. The van der Waals surface area contributed by atoms with Crippen LogP contribution in [0.5, 0.6) is 0 Å². The van der Waals surface area contributed by atoms with E-state index < -0.39 is 17.8 Å². The smallest absolute Gasteiger partial charge is 0.307 e. The maximum absolute atomic E-state index is 12.5. The van der Waals surface area contributed by atoms with E-state index in [1.165, 1.54) is 6.92 Å². The molecule has 4 atom stereocenters. The van der Waals surface area contributed by atoms with Crippen LogP contribution in [0.25, 0.3) is 0 Å². The number of anilines is 1. The van der Waals surface area contributed by atoms with E-state index in [-0.39, 0.29) is 23.5 Å². The largest absolute Gasteiger partial charge is 0.481 e. The van der Waals surface area contributed by atoms with E-state index in [2.05, 4.69) is 5.32 Å². The Kier molecular flexibility index (Phi) is 3.56. The number of ketones is 1. The molecule has 114 valence electrons. The van der Waals surface area contributed by atoms with Crippen LogP contribution in [0.4, 0.5) is 5.69 Å². The Morgan fingerprint density at radius 2 is 1.64 bits per heavy atom. The lowest BCUT2D eigenvalue weighted by atomic mass is 9.82. The molecule has 2 N–H and O–H groups in total. The minimum atomic E-state index is -0.913. The number of amides is 1. The Labute approximate surface area is 128 Å². The second kappa shape index (κ2) is 5.40. The predicted molar refractivity (Wildman–Crippen MR) is 80.4 cm³/mol. The zero-order valence-electron chi connectivity index (χ0n) is 12.2. The summed E-state index contributed by atoms with van der Waals surface area (Å²) in [4.78, 5) is 35.1. The van der Waals surface area contributed by atoms with Gasteiger partial charge in [-0.15, -0.1) is 0 Å². The van der Waals surface area contributed by atoms with E-state index in [0.717, 1.165) is 6.42 Å². The lowest BCUT2D eigenvalue weighted by Crippen LogP contribution is -2.36. The highest BCUT2D eigenvalue weighted by molar-refractivity contribution is 5.98. The van der Waals surface area contributed by atoms with Crippen LogP contribution in [-0.4, -0.2) is 22.8 Å². The number of fused-ring (bicyclic) bond motifs is 2. The number of carbonyl (C=O) groups is 3. The van der Waals surface area contributed by atoms with Crippen molar-refractivity contribution in [1.29, 1.82) is 0 Å². The van der Waals surface area contributed by atoms with Crippen LogP contribution in [0.2, 0.25) is 0 Å². The van der Waals surface area contributed by atoms with Crippen LogP contribution >= 0.6 is 0 Å². The maximum Gasteiger partial charge on any atom is 0.307 e. The minimum absolute atomic E-state index is 0.00240. The van der Waals surface area contributed by atoms with Crippen molar-refractivity contribution in [1.82, 2.24) is 0 Å². The van der Waals surface area contributed by atoms with Gasteiger partial charge in [-0.3, -0.25) is 14.4 Å². The van der Waals surface area contributed by atoms with Crippen LogP contribution in [-0.2, 0) is 9.59 Å². The predicted octanol–water partition coefficient (Wildman–Crippen LogP) is 2.35. The zero-order valence-corrected chi connectivity index (χ0v) is 12.2. The molecule has 2 aliphatic rings. The van der Waals surface area contributed by atoms with Gasteiger partial charge in [0.25, 0.3) is 0 Å². The first-order chi connectivity index (χ1) is 10.5. The summed E-state index contributed by atoms with van der Waals surface area (Å²) in [6.45, 7) is 1.48. The number of aliphatic carboxylic acids is 1. The monoisotopic (exact) mass is 299 g/mol. The van der Waals surface area contributed by atoms with Gasteiger partial charge in [0.1, 0.15) is 0 Å². The molecule has 2 bridgehead atoms. The molecule has 0 radical (unpaired) electrons. The number of carbonyl (C=O) groups excluding carboxylic acids is 2. The first-order valence-electron chi connectivity index (χ1n) is 7.30. The lowest BCUT2D eigenvalue weighted by molar-refractivity contribution is -0.146. The molecule has 2 aliphatic carbocycles. The maximum atomic E-state index is 12.5. The zero-order chi connectivity index (χ0) is 15.9. The standard InChI is InChI=1S/C17H17NO4/c1-9(19)10-4-6-13(7-5-10)18-16(20)14-11-2-3-12(8-11)15(14)17(21)22/h2-7,11-12,14-15H,8H2,1H3,(H,18,20)(H,21,22)/t11-,12-,14+,15-/m0/s1. The molecule has 5 heteroatoms. The summed E-state index contributed by atoms with van der Waals surface area (Å²) in [5.41, 5.74) is 1.15. The summed E-state index contributed by atoms with van der Waals surface area (Å²) in [5, 5.41) is 12.1. The molecule has 5 nitrogen and oxygen atoms in total. The molecular formula is C17H17NO4. The molecule has 0 spiro atoms. The number of carboxylic acids is 1. The third-order valence-electron chi connectivity index (χ3n) is 4.61. The van der Waals surface area contributed by atoms with Crippen molar-refractivity contribution in [3.8, 4) is 0 Å². The van der Waals surface area contributed by atoms with Gasteiger partial charge in [-0.05, 0) is 49.4 Å². The van der Waals surface area contributed by atoms with Gasteiger partial charge in [0.2, 0.25) is 5.91 Å². The second-order valence-electron chi connectivity index (χ2n) is 5.96. The van der Waals surface area contributed by atoms with Gasteiger partial charge in [0.15, 0.2) is 5.78 Å². The molecular weight excluding hydrogens is 282 g/mol. The summed E-state index contributed by atoms with van der Waals surface area (Å²) in [6.07, 6.45) is 4.60. The van der Waals surface area contributed by atoms with Crippen LogP contribution in [0.1, 0.15) is 23.7 Å². The van der Waals surface area contributed by atoms with Crippen LogP contribution < -0.4 is 5.32 Å². The van der Waals surface area contributed by atoms with Crippen molar-refractivity contribution in [3.63, 3.8) is 0 Å². The first-order valence-corrected chi connectivity index (χ1v) is 7.30. The Bertz CT molecular complexity index is 662. The van der Waals surface area contributed by atoms with E-state index in [9.17, 15) is 19.5 Å². The van der Waals surface area contributed by atoms with Gasteiger partial charge in [-0.2, -0.15) is 0 Å². The number of allylic oxidation sites excluding steroid dienone is 2. The van der Waals surface area contributed by atoms with Gasteiger partial charge in [0, 0.05) is 11.3 Å². The van der Waals surface area contributed by atoms with E-state index in [0.29, 0.717) is 11.3 Å². The molecule has 0 aromatic heterocycles. The van der Waals surface area contributed by atoms with Crippen molar-refractivity contribution in [2.75, 3.05) is 5.32 Å². The van der Waals surface area contributed by atoms with Gasteiger partial charge in [-0.25, -0.2) is 0 Å². The van der Waals surface area contributed by atoms with Gasteiger partial charge < -0.3 is 10.4 Å². The molecule has 0 aliphatic heterocycles. The van der Waals surface area contributed by atoms with Crippen molar-refractivity contribution >= 4 is 23.3 Å². The topological polar surface area (TPSA) is 83.5 Å². The third-order valence-corrected chi connectivity index (χ3v) is 4.61. The van der Waals surface area contributed by atoms with Crippen molar-refractivity contribution < 1.29 is 19.5 Å². The Hall–Kier alpha value is -2.43. The van der Waals surface area contributed by atoms with E-state index in [1.807, 2.05) is 12.2 Å². The highest BCUT2D eigenvalue weighted by atomic mass is 16.4. The van der Waals surface area contributed by atoms with Crippen molar-refractivity contribution in [3.05, 3.63) is 42.0 Å². The number of rotatable bonds is 4. The number of hydrogen-bond donors (Lipinski definition) is 2. The summed E-state index contributed by atoms with van der Waals surface area (Å²) >= 11 is 0. The van der Waals surface area contributed by atoms with Gasteiger partial charge in [-0.1, -0.05) is 12.2 Å². The molecule has 1 fully saturated rings. The molecule has 0 unspecified atom stereocenters. The molecule has 22 heavy (non-hydrogen) atoms. The summed E-state index contributed by atoms with van der Waals surface area (Å²) in [6, 6.07) is 6.61. The van der Waals surface area contributed by atoms with E-state index in [1.54, 1.807) is 24.3 Å². The van der Waals surface area contributed by atoms with E-state index >= 15 is 0 Å². The third kappa shape index (κ3) is 2.43. The number of hydrogen-bond acceptors (Lipinski definition) is 3. The fraction of sp³-hybridized carbons (Fsp3) is 0.353. The van der Waals surface area contributed by atoms with Crippen LogP contribution in [0.15, 0.2) is 36.4 Å². The van der Waals surface area contributed by atoms with Crippen molar-refractivity contribution in [2.24, 2.45) is 23.7 Å². The van der Waals surface area contributed by atoms with Crippen LogP contribution in [0.3, 0.4) is 0 Å². The fourth-order valence-corrected chi connectivity index (χ4v) is 3.53. The molecule has 1 saturated carbocycles. The Morgan fingerprint density at radius 1 is 1.05 bits per heavy atom. The molecule has 0 heterocycles. The second-order valence-corrected chi connectivity index (χ2v) is 5.96. The average molecular weight is 299 g/mol. The Morgan fingerprint density at radius 3 is 2.18 bits per heavy atom. The van der Waals surface area contributed by atoms with Gasteiger partial charge >= 0.3 is 5.97 Å². The first kappa shape index (κ1) is 14.5. The van der Waals surface area contributed by atoms with E-state index in [4.69, 9.17) is 0 Å². The normalized spacial score (nSPS) is 28.6. The molecule has 0 saturated heterocycles. The minimum Gasteiger partial charge on any atom is -0.481 e. The molecule has 1 amide bonds. The quantitative estimate of drug-likeness (QED) is 0.660. The number of Topliss-reactive ketones (excluding diaryl/α,β-unsaturated/α-hetero) is 1. The number of nitrogens with one attached hydrogen (secondary N) is 1. The highest BCUT2D eigenvalue weighted by Gasteiger charge is 2.51. The lowest BCUT2D eigenvalue weighted by Gasteiger charge is -2.23. The fourth-order valence-electron chi connectivity index (χ4n) is 3.53. The Balaban J connectivity index is 1.75. The molecule has 1 aromatic carbocycles. The highest BCUT2D eigenvalue weighted by Crippen LogP contribution is 2.48.